The molecule has 2 aliphatic rings. The summed E-state index contributed by atoms with van der Waals surface area (Å²) in [6, 6.07) is 6.87. The Kier molecular flexibility index (Phi) is 5.88. The largest absolute Gasteiger partial charge is 0.330 e. The maximum atomic E-state index is 13.1. The summed E-state index contributed by atoms with van der Waals surface area (Å²) in [6.45, 7) is 2.41. The van der Waals surface area contributed by atoms with E-state index in [1.807, 2.05) is 9.58 Å². The number of piperidine rings is 1. The fourth-order valence-electron chi connectivity index (χ4n) is 3.31. The highest BCUT2D eigenvalue weighted by atomic mass is 35.5. The predicted molar refractivity (Wildman–Crippen MR) is 97.7 cm³/mol. The minimum atomic E-state index is -0.266. The summed E-state index contributed by atoms with van der Waals surface area (Å²) in [4.78, 5) is 14.8. The van der Waals surface area contributed by atoms with Gasteiger partial charge in [-0.1, -0.05) is 17.3 Å². The Morgan fingerprint density at radius 1 is 1.19 bits per heavy atom. The van der Waals surface area contributed by atoms with Crippen molar-refractivity contribution in [1.29, 1.82) is 0 Å². The molecule has 1 N–H and O–H groups in total. The van der Waals surface area contributed by atoms with Gasteiger partial charge in [0.15, 0.2) is 5.69 Å². The molecule has 0 bridgehead atoms. The van der Waals surface area contributed by atoms with Gasteiger partial charge in [-0.3, -0.25) is 4.79 Å². The Morgan fingerprint density at radius 3 is 2.54 bits per heavy atom. The molecule has 1 aromatic heterocycles. The molecule has 1 amide bonds. The number of hydrogen-bond acceptors (Lipinski definition) is 4. The van der Waals surface area contributed by atoms with Crippen LogP contribution in [0.4, 0.5) is 4.39 Å². The SMILES string of the molecule is Cl.O=C(c1cn(C2CCNCC2)nn1)N(Cc1ccc(F)cc1)C1CC1. The van der Waals surface area contributed by atoms with Crippen molar-refractivity contribution in [2.45, 2.75) is 44.3 Å². The molecule has 0 radical (unpaired) electrons. The number of aromatic nitrogens is 3. The van der Waals surface area contributed by atoms with Crippen LogP contribution in [0.1, 0.15) is 47.8 Å². The van der Waals surface area contributed by atoms with Crippen LogP contribution in [0.25, 0.3) is 0 Å². The lowest BCUT2D eigenvalue weighted by atomic mass is 10.1. The zero-order chi connectivity index (χ0) is 17.2. The second-order valence-electron chi connectivity index (χ2n) is 6.86. The van der Waals surface area contributed by atoms with Crippen molar-refractivity contribution in [3.05, 3.63) is 47.5 Å². The molecule has 2 aromatic rings. The maximum Gasteiger partial charge on any atom is 0.276 e. The smallest absolute Gasteiger partial charge is 0.276 e. The maximum absolute atomic E-state index is 13.1. The standard InChI is InChI=1S/C18H22FN5O.ClH/c19-14-3-1-13(2-4-14)11-23(15-5-6-15)18(25)17-12-24(22-21-17)16-7-9-20-10-8-16;/h1-4,12,15-16,20H,5-11H2;1H. The first kappa shape index (κ1) is 18.8. The van der Waals surface area contributed by atoms with Crippen LogP contribution in [0, 0.1) is 5.82 Å². The molecule has 1 saturated heterocycles. The second-order valence-corrected chi connectivity index (χ2v) is 6.86. The quantitative estimate of drug-likeness (QED) is 0.867. The van der Waals surface area contributed by atoms with Gasteiger partial charge in [0.2, 0.25) is 0 Å². The van der Waals surface area contributed by atoms with Gasteiger partial charge in [-0.15, -0.1) is 17.5 Å². The van der Waals surface area contributed by atoms with Crippen LogP contribution in [0.2, 0.25) is 0 Å². The normalized spacial score (nSPS) is 17.6. The molecule has 0 spiro atoms. The van der Waals surface area contributed by atoms with Crippen LogP contribution in [-0.2, 0) is 6.54 Å². The van der Waals surface area contributed by atoms with E-state index in [4.69, 9.17) is 0 Å². The van der Waals surface area contributed by atoms with E-state index in [0.717, 1.165) is 44.3 Å². The van der Waals surface area contributed by atoms with E-state index in [9.17, 15) is 9.18 Å². The van der Waals surface area contributed by atoms with Crippen LogP contribution in [0.15, 0.2) is 30.5 Å². The molecule has 4 rings (SSSR count). The molecule has 8 heteroatoms. The van der Waals surface area contributed by atoms with Gasteiger partial charge in [-0.05, 0) is 56.5 Å². The molecular weight excluding hydrogens is 357 g/mol. The monoisotopic (exact) mass is 379 g/mol. The lowest BCUT2D eigenvalue weighted by Gasteiger charge is -2.22. The highest BCUT2D eigenvalue weighted by Crippen LogP contribution is 2.30. The molecule has 0 unspecified atom stereocenters. The number of carbonyl (C=O) groups is 1. The Labute approximate surface area is 158 Å². The van der Waals surface area contributed by atoms with Gasteiger partial charge in [0.05, 0.1) is 12.2 Å². The molecular formula is C18H23ClFN5O. The summed E-state index contributed by atoms with van der Waals surface area (Å²) in [5, 5.41) is 11.6. The third-order valence-corrected chi connectivity index (χ3v) is 4.93. The van der Waals surface area contributed by atoms with Gasteiger partial charge in [0.25, 0.3) is 5.91 Å². The summed E-state index contributed by atoms with van der Waals surface area (Å²) in [5.41, 5.74) is 1.32. The van der Waals surface area contributed by atoms with Crippen molar-refractivity contribution < 1.29 is 9.18 Å². The molecule has 1 aromatic carbocycles. The van der Waals surface area contributed by atoms with E-state index in [1.54, 1.807) is 18.3 Å². The molecule has 2 heterocycles. The average molecular weight is 380 g/mol. The van der Waals surface area contributed by atoms with E-state index in [1.165, 1.54) is 12.1 Å². The molecule has 26 heavy (non-hydrogen) atoms. The zero-order valence-corrected chi connectivity index (χ0v) is 15.3. The second kappa shape index (κ2) is 8.14. The van der Waals surface area contributed by atoms with Gasteiger partial charge in [-0.2, -0.15) is 0 Å². The zero-order valence-electron chi connectivity index (χ0n) is 14.5. The fraction of sp³-hybridized carbons (Fsp3) is 0.500. The molecule has 140 valence electrons. The van der Waals surface area contributed by atoms with Crippen molar-refractivity contribution in [3.63, 3.8) is 0 Å². The van der Waals surface area contributed by atoms with Crippen molar-refractivity contribution in [2.75, 3.05) is 13.1 Å². The number of nitrogens with zero attached hydrogens (tertiary/aromatic N) is 4. The first-order chi connectivity index (χ1) is 12.2. The van der Waals surface area contributed by atoms with Gasteiger partial charge in [-0.25, -0.2) is 9.07 Å². The molecule has 1 aliphatic heterocycles. The van der Waals surface area contributed by atoms with E-state index < -0.39 is 0 Å². The summed E-state index contributed by atoms with van der Waals surface area (Å²) in [7, 11) is 0. The molecule has 1 saturated carbocycles. The molecule has 6 nitrogen and oxygen atoms in total. The Morgan fingerprint density at radius 2 is 1.88 bits per heavy atom. The van der Waals surface area contributed by atoms with Crippen molar-refractivity contribution in [1.82, 2.24) is 25.2 Å². The number of rotatable bonds is 5. The topological polar surface area (TPSA) is 63.1 Å². The Bertz CT molecular complexity index is 740. The fourth-order valence-corrected chi connectivity index (χ4v) is 3.31. The minimum Gasteiger partial charge on any atom is -0.330 e. The number of nitrogens with one attached hydrogen (secondary N) is 1. The van der Waals surface area contributed by atoms with Crippen molar-refractivity contribution in [3.8, 4) is 0 Å². The first-order valence-corrected chi connectivity index (χ1v) is 8.88. The Balaban J connectivity index is 0.00000196. The van der Waals surface area contributed by atoms with Crippen LogP contribution >= 0.6 is 12.4 Å². The number of halogens is 2. The number of carbonyl (C=O) groups excluding carboxylic acids is 1. The third-order valence-electron chi connectivity index (χ3n) is 4.93. The van der Waals surface area contributed by atoms with Crippen LogP contribution in [-0.4, -0.2) is 44.9 Å². The van der Waals surface area contributed by atoms with Gasteiger partial charge < -0.3 is 10.2 Å². The Hall–Kier alpha value is -1.99. The van der Waals surface area contributed by atoms with Crippen molar-refractivity contribution in [2.24, 2.45) is 0 Å². The van der Waals surface area contributed by atoms with Gasteiger partial charge in [0.1, 0.15) is 5.82 Å². The lowest BCUT2D eigenvalue weighted by Crippen LogP contribution is -2.33. The average Bonchev–Trinajstić information content (AvgIpc) is 3.37. The summed E-state index contributed by atoms with van der Waals surface area (Å²) in [6.07, 6.45) is 5.79. The van der Waals surface area contributed by atoms with Crippen LogP contribution in [0.5, 0.6) is 0 Å². The molecule has 0 atom stereocenters. The number of amides is 1. The molecule has 1 aliphatic carbocycles. The van der Waals surface area contributed by atoms with Crippen LogP contribution in [0.3, 0.4) is 0 Å². The first-order valence-electron chi connectivity index (χ1n) is 8.88. The number of hydrogen-bond donors (Lipinski definition) is 1. The summed E-state index contributed by atoms with van der Waals surface area (Å²) < 4.78 is 14.9. The predicted octanol–water partition coefficient (Wildman–Crippen LogP) is 2.57. The van der Waals surface area contributed by atoms with E-state index in [-0.39, 0.29) is 30.2 Å². The third kappa shape index (κ3) is 4.22. The minimum absolute atomic E-state index is 0. The van der Waals surface area contributed by atoms with E-state index >= 15 is 0 Å². The number of benzene rings is 1. The van der Waals surface area contributed by atoms with Crippen LogP contribution < -0.4 is 5.32 Å². The van der Waals surface area contributed by atoms with E-state index in [0.29, 0.717) is 18.3 Å². The van der Waals surface area contributed by atoms with Gasteiger partial charge >= 0.3 is 0 Å². The summed E-state index contributed by atoms with van der Waals surface area (Å²) in [5.74, 6) is -0.357. The van der Waals surface area contributed by atoms with E-state index in [2.05, 4.69) is 15.6 Å². The van der Waals surface area contributed by atoms with Gasteiger partial charge in [0, 0.05) is 12.6 Å². The molecule has 2 fully saturated rings. The highest BCUT2D eigenvalue weighted by molar-refractivity contribution is 5.92. The highest BCUT2D eigenvalue weighted by Gasteiger charge is 2.34. The lowest BCUT2D eigenvalue weighted by molar-refractivity contribution is 0.0723. The van der Waals surface area contributed by atoms with Crippen molar-refractivity contribution >= 4 is 18.3 Å². The summed E-state index contributed by atoms with van der Waals surface area (Å²) >= 11 is 0.